The lowest BCUT2D eigenvalue weighted by Gasteiger charge is -2.29. The van der Waals surface area contributed by atoms with Gasteiger partial charge >= 0.3 is 0 Å². The standard InChI is InChI=1S/C26H19N3O7S2/c30-23-13-6-17-4-1-2-5-21(17)25(23)26(14-3-15-27-26)22-12-9-19(16-24(22)38(34,35)36)29-28-18-7-10-20(11-8-18)37(31,32)33/h1-16,30H,(H,31,32,33)(H,34,35,36). The summed E-state index contributed by atoms with van der Waals surface area (Å²) in [6.45, 7) is 0. The highest BCUT2D eigenvalue weighted by Gasteiger charge is 2.40. The van der Waals surface area contributed by atoms with Gasteiger partial charge in [0.1, 0.15) is 16.2 Å². The van der Waals surface area contributed by atoms with E-state index in [0.29, 0.717) is 10.9 Å². The molecule has 192 valence electrons. The Balaban J connectivity index is 1.65. The molecular weight excluding hydrogens is 530 g/mol. The molecule has 0 spiro atoms. The number of hydrogen-bond acceptors (Lipinski definition) is 8. The summed E-state index contributed by atoms with van der Waals surface area (Å²) in [6, 6.07) is 19.4. The number of azo groups is 1. The van der Waals surface area contributed by atoms with Crippen molar-refractivity contribution in [2.24, 2.45) is 15.2 Å². The zero-order valence-corrected chi connectivity index (χ0v) is 21.0. The van der Waals surface area contributed by atoms with E-state index in [4.69, 9.17) is 4.55 Å². The maximum atomic E-state index is 12.6. The van der Waals surface area contributed by atoms with Gasteiger partial charge < -0.3 is 5.11 Å². The molecule has 1 aliphatic rings. The first kappa shape index (κ1) is 25.4. The van der Waals surface area contributed by atoms with E-state index in [1.54, 1.807) is 30.4 Å². The molecule has 1 heterocycles. The molecule has 1 aliphatic heterocycles. The van der Waals surface area contributed by atoms with Gasteiger partial charge in [0.05, 0.1) is 16.3 Å². The van der Waals surface area contributed by atoms with Crippen LogP contribution in [0.4, 0.5) is 11.4 Å². The highest BCUT2D eigenvalue weighted by atomic mass is 32.2. The third kappa shape index (κ3) is 4.61. The molecule has 0 bridgehead atoms. The average molecular weight is 550 g/mol. The lowest BCUT2D eigenvalue weighted by atomic mass is 9.80. The van der Waals surface area contributed by atoms with E-state index in [1.807, 2.05) is 12.1 Å². The molecule has 0 aliphatic carbocycles. The van der Waals surface area contributed by atoms with Crippen LogP contribution in [0, 0.1) is 0 Å². The molecule has 5 rings (SSSR count). The van der Waals surface area contributed by atoms with Gasteiger partial charge in [-0.3, -0.25) is 14.1 Å². The van der Waals surface area contributed by atoms with Crippen LogP contribution in [0.2, 0.25) is 0 Å². The van der Waals surface area contributed by atoms with Crippen molar-refractivity contribution >= 4 is 48.6 Å². The third-order valence-corrected chi connectivity index (χ3v) is 7.82. The van der Waals surface area contributed by atoms with Crippen LogP contribution in [-0.4, -0.2) is 37.3 Å². The lowest BCUT2D eigenvalue weighted by Crippen LogP contribution is -2.24. The molecule has 1 unspecified atom stereocenters. The van der Waals surface area contributed by atoms with Crippen molar-refractivity contribution in [2.45, 2.75) is 15.3 Å². The van der Waals surface area contributed by atoms with Crippen LogP contribution >= 0.6 is 0 Å². The van der Waals surface area contributed by atoms with Gasteiger partial charge in [0.2, 0.25) is 0 Å². The lowest BCUT2D eigenvalue weighted by molar-refractivity contribution is 0.456. The van der Waals surface area contributed by atoms with Crippen molar-refractivity contribution in [1.82, 2.24) is 0 Å². The molecular formula is C26H19N3O7S2. The van der Waals surface area contributed by atoms with Crippen LogP contribution in [-0.2, 0) is 25.8 Å². The molecule has 0 aromatic heterocycles. The highest BCUT2D eigenvalue weighted by Crippen LogP contribution is 2.47. The summed E-state index contributed by atoms with van der Waals surface area (Å²) < 4.78 is 66.8. The molecule has 4 aromatic carbocycles. The van der Waals surface area contributed by atoms with Crippen LogP contribution in [0.5, 0.6) is 5.75 Å². The number of aliphatic imine (C=N–C) groups is 1. The van der Waals surface area contributed by atoms with E-state index < -0.39 is 30.7 Å². The topological polar surface area (TPSA) is 166 Å². The normalized spacial score (nSPS) is 17.5. The molecule has 0 amide bonds. The maximum absolute atomic E-state index is 12.6. The predicted molar refractivity (Wildman–Crippen MR) is 141 cm³/mol. The largest absolute Gasteiger partial charge is 0.508 e. The second-order valence-electron chi connectivity index (χ2n) is 8.41. The minimum Gasteiger partial charge on any atom is -0.508 e. The number of allylic oxidation sites excluding steroid dienone is 1. The summed E-state index contributed by atoms with van der Waals surface area (Å²) in [5, 5.41) is 20.3. The fraction of sp³-hybridized carbons (Fsp3) is 0.0385. The van der Waals surface area contributed by atoms with Crippen molar-refractivity contribution in [1.29, 1.82) is 0 Å². The van der Waals surface area contributed by atoms with Crippen LogP contribution in [0.25, 0.3) is 10.8 Å². The molecule has 4 aromatic rings. The number of hydrogen-bond donors (Lipinski definition) is 3. The Hall–Kier alpha value is -4.23. The van der Waals surface area contributed by atoms with Gasteiger partial charge in [-0.2, -0.15) is 27.1 Å². The van der Waals surface area contributed by atoms with Gasteiger partial charge in [-0.25, -0.2) is 0 Å². The zero-order valence-electron chi connectivity index (χ0n) is 19.4. The first-order valence-electron chi connectivity index (χ1n) is 11.0. The summed E-state index contributed by atoms with van der Waals surface area (Å²) in [4.78, 5) is 3.75. The number of nitrogens with zero attached hydrogens (tertiary/aromatic N) is 3. The van der Waals surface area contributed by atoms with Crippen LogP contribution < -0.4 is 0 Å². The second-order valence-corrected chi connectivity index (χ2v) is 11.2. The van der Waals surface area contributed by atoms with Crippen molar-refractivity contribution in [3.05, 3.63) is 102 Å². The van der Waals surface area contributed by atoms with Crippen molar-refractivity contribution in [3.8, 4) is 5.75 Å². The Bertz CT molecular complexity index is 1870. The molecule has 0 fully saturated rings. The molecule has 38 heavy (non-hydrogen) atoms. The van der Waals surface area contributed by atoms with E-state index in [9.17, 15) is 26.5 Å². The zero-order chi connectivity index (χ0) is 27.1. The summed E-state index contributed by atoms with van der Waals surface area (Å²) in [6.07, 6.45) is 4.74. The first-order valence-corrected chi connectivity index (χ1v) is 13.9. The van der Waals surface area contributed by atoms with Gasteiger partial charge in [0.25, 0.3) is 20.2 Å². The summed E-state index contributed by atoms with van der Waals surface area (Å²) in [5.74, 6) is -0.106. The van der Waals surface area contributed by atoms with Gasteiger partial charge in [0.15, 0.2) is 0 Å². The molecule has 0 radical (unpaired) electrons. The Kier molecular flexibility index (Phi) is 6.19. The SMILES string of the molecule is O=S(=O)(O)c1ccc(N=Nc2ccc(C3(c4c(O)ccc5ccccc45)C=CC=N3)c(S(=O)(=O)O)c2)cc1. The van der Waals surface area contributed by atoms with Crippen molar-refractivity contribution in [2.75, 3.05) is 0 Å². The molecule has 10 nitrogen and oxygen atoms in total. The molecule has 3 N–H and O–H groups in total. The number of phenols is 1. The van der Waals surface area contributed by atoms with Crippen LogP contribution in [0.15, 0.2) is 116 Å². The molecule has 0 saturated carbocycles. The quantitative estimate of drug-likeness (QED) is 0.216. The Labute approximate surface area is 217 Å². The first-order chi connectivity index (χ1) is 18.0. The van der Waals surface area contributed by atoms with Gasteiger partial charge in [-0.15, -0.1) is 0 Å². The number of benzene rings is 4. The Morgan fingerprint density at radius 3 is 2.11 bits per heavy atom. The molecule has 0 saturated heterocycles. The fourth-order valence-electron chi connectivity index (χ4n) is 4.39. The van der Waals surface area contributed by atoms with Crippen molar-refractivity contribution in [3.63, 3.8) is 0 Å². The second kappa shape index (κ2) is 9.26. The van der Waals surface area contributed by atoms with E-state index >= 15 is 0 Å². The molecule has 1 atom stereocenters. The van der Waals surface area contributed by atoms with E-state index in [0.717, 1.165) is 23.6 Å². The monoisotopic (exact) mass is 549 g/mol. The summed E-state index contributed by atoms with van der Waals surface area (Å²) >= 11 is 0. The third-order valence-electron chi connectivity index (χ3n) is 6.06. The van der Waals surface area contributed by atoms with Gasteiger partial charge in [-0.05, 0) is 65.4 Å². The fourth-order valence-corrected chi connectivity index (χ4v) is 5.64. The predicted octanol–water partition coefficient (Wildman–Crippen LogP) is 5.34. The van der Waals surface area contributed by atoms with Crippen molar-refractivity contribution < 1.29 is 31.0 Å². The number of rotatable bonds is 6. The van der Waals surface area contributed by atoms with Gasteiger partial charge in [0, 0.05) is 17.3 Å². The van der Waals surface area contributed by atoms with Crippen LogP contribution in [0.1, 0.15) is 11.1 Å². The average Bonchev–Trinajstić information content (AvgIpc) is 3.37. The molecule has 12 heteroatoms. The minimum absolute atomic E-state index is 0.0727. The summed E-state index contributed by atoms with van der Waals surface area (Å²) in [7, 11) is -9.16. The maximum Gasteiger partial charge on any atom is 0.294 e. The minimum atomic E-state index is -4.80. The highest BCUT2D eigenvalue weighted by molar-refractivity contribution is 7.86. The van der Waals surface area contributed by atoms with E-state index in [-0.39, 0.29) is 27.6 Å². The van der Waals surface area contributed by atoms with Crippen LogP contribution in [0.3, 0.4) is 0 Å². The number of phenolic OH excluding ortho intramolecular Hbond substituents is 1. The number of aromatic hydroxyl groups is 1. The summed E-state index contributed by atoms with van der Waals surface area (Å²) in [5.41, 5.74) is -0.720. The smallest absolute Gasteiger partial charge is 0.294 e. The van der Waals surface area contributed by atoms with E-state index in [2.05, 4.69) is 15.2 Å². The van der Waals surface area contributed by atoms with E-state index in [1.165, 1.54) is 36.5 Å². The van der Waals surface area contributed by atoms with Gasteiger partial charge in [-0.1, -0.05) is 36.4 Å². The Morgan fingerprint density at radius 1 is 0.763 bits per heavy atom. The Morgan fingerprint density at radius 2 is 1.45 bits per heavy atom. The number of fused-ring (bicyclic) bond motifs is 1.